The van der Waals surface area contributed by atoms with Crippen molar-refractivity contribution in [2.24, 2.45) is 0 Å². The lowest BCUT2D eigenvalue weighted by atomic mass is 9.99. The van der Waals surface area contributed by atoms with Crippen LogP contribution in [-0.4, -0.2) is 15.7 Å². The zero-order valence-corrected chi connectivity index (χ0v) is 17.4. The van der Waals surface area contributed by atoms with E-state index in [1.54, 1.807) is 11.3 Å². The summed E-state index contributed by atoms with van der Waals surface area (Å²) in [7, 11) is 0. The number of aryl methyl sites for hydroxylation is 3. The summed E-state index contributed by atoms with van der Waals surface area (Å²) in [5.74, 6) is -0.0336. The molecular formula is C22H26N4OS. The third-order valence-corrected chi connectivity index (χ3v) is 6.18. The first-order chi connectivity index (χ1) is 13.6. The van der Waals surface area contributed by atoms with E-state index in [9.17, 15) is 4.79 Å². The number of rotatable bonds is 6. The van der Waals surface area contributed by atoms with Gasteiger partial charge in [0.15, 0.2) is 0 Å². The predicted octanol–water partition coefficient (Wildman–Crippen LogP) is 5.14. The van der Waals surface area contributed by atoms with Gasteiger partial charge in [-0.05, 0) is 37.8 Å². The molecule has 1 aromatic carbocycles. The maximum Gasteiger partial charge on any atom is 0.256 e. The lowest BCUT2D eigenvalue weighted by Crippen LogP contribution is -2.38. The first kappa shape index (κ1) is 18.7. The van der Waals surface area contributed by atoms with Crippen LogP contribution in [0.1, 0.15) is 60.0 Å². The molecule has 3 aromatic rings. The second-order valence-electron chi connectivity index (χ2n) is 7.23. The molecular weight excluding hydrogens is 368 g/mol. The predicted molar refractivity (Wildman–Crippen MR) is 115 cm³/mol. The molecule has 2 aromatic heterocycles. The number of hydrogen-bond donors (Lipinski definition) is 2. The van der Waals surface area contributed by atoms with Crippen LogP contribution < -0.4 is 10.6 Å². The van der Waals surface area contributed by atoms with Crippen molar-refractivity contribution in [2.45, 2.75) is 52.7 Å². The molecule has 28 heavy (non-hydrogen) atoms. The highest BCUT2D eigenvalue weighted by molar-refractivity contribution is 7.15. The minimum Gasteiger partial charge on any atom is -0.352 e. The number of benzene rings is 1. The van der Waals surface area contributed by atoms with E-state index in [1.807, 2.05) is 17.8 Å². The molecule has 0 radical (unpaired) electrons. The normalized spacial score (nSPS) is 15.8. The van der Waals surface area contributed by atoms with Gasteiger partial charge in [0, 0.05) is 29.2 Å². The third-order valence-electron chi connectivity index (χ3n) is 5.27. The molecule has 1 amide bonds. The van der Waals surface area contributed by atoms with E-state index in [1.165, 1.54) is 18.4 Å². The lowest BCUT2D eigenvalue weighted by molar-refractivity contribution is 0.0937. The monoisotopic (exact) mass is 394 g/mol. The number of aromatic nitrogens is 2. The molecule has 0 fully saturated rings. The van der Waals surface area contributed by atoms with Crippen LogP contribution in [0.25, 0.3) is 11.1 Å². The third kappa shape index (κ3) is 3.44. The molecule has 0 bridgehead atoms. The summed E-state index contributed by atoms with van der Waals surface area (Å²) in [6, 6.07) is 8.60. The minimum absolute atomic E-state index is 0.0336. The second kappa shape index (κ2) is 7.80. The number of carbonyl (C=O) groups is 1. The van der Waals surface area contributed by atoms with E-state index in [0.717, 1.165) is 45.9 Å². The number of hydrogen-bond acceptors (Lipinski definition) is 4. The molecule has 0 saturated heterocycles. The molecule has 1 aliphatic heterocycles. The van der Waals surface area contributed by atoms with Crippen LogP contribution in [0.5, 0.6) is 0 Å². The van der Waals surface area contributed by atoms with E-state index < -0.39 is 0 Å². The number of nitrogens with one attached hydrogen (secondary N) is 2. The van der Waals surface area contributed by atoms with Gasteiger partial charge in [0.1, 0.15) is 11.2 Å². The Hall–Kier alpha value is -2.60. The Labute approximate surface area is 169 Å². The molecule has 0 unspecified atom stereocenters. The average molecular weight is 395 g/mol. The Morgan fingerprint density at radius 2 is 1.96 bits per heavy atom. The summed E-state index contributed by atoms with van der Waals surface area (Å²) < 4.78 is 1.90. The zero-order valence-electron chi connectivity index (χ0n) is 16.6. The van der Waals surface area contributed by atoms with E-state index in [0.29, 0.717) is 0 Å². The SMILES string of the molecule is CCCCc1ccc(-c2csc3c2C(=O)N[C@@H](c2cn(CC)nc2C)N3)cc1. The maximum absolute atomic E-state index is 12.9. The van der Waals surface area contributed by atoms with Gasteiger partial charge in [-0.3, -0.25) is 9.48 Å². The highest BCUT2D eigenvalue weighted by Gasteiger charge is 2.30. The Kier molecular flexibility index (Phi) is 5.22. The van der Waals surface area contributed by atoms with Crippen LogP contribution >= 0.6 is 11.3 Å². The van der Waals surface area contributed by atoms with Gasteiger partial charge < -0.3 is 10.6 Å². The van der Waals surface area contributed by atoms with Gasteiger partial charge >= 0.3 is 0 Å². The fraction of sp³-hybridized carbons (Fsp3) is 0.364. The number of unbranched alkanes of at least 4 members (excludes halogenated alkanes) is 1. The molecule has 5 nitrogen and oxygen atoms in total. The number of amides is 1. The largest absolute Gasteiger partial charge is 0.352 e. The van der Waals surface area contributed by atoms with Gasteiger partial charge in [-0.1, -0.05) is 37.6 Å². The minimum atomic E-state index is -0.247. The van der Waals surface area contributed by atoms with Gasteiger partial charge in [-0.25, -0.2) is 0 Å². The van der Waals surface area contributed by atoms with Gasteiger partial charge in [-0.15, -0.1) is 11.3 Å². The van der Waals surface area contributed by atoms with Gasteiger partial charge in [-0.2, -0.15) is 5.10 Å². The fourth-order valence-corrected chi connectivity index (χ4v) is 4.63. The number of fused-ring (bicyclic) bond motifs is 1. The van der Waals surface area contributed by atoms with Crippen molar-refractivity contribution in [3.05, 3.63) is 58.2 Å². The Morgan fingerprint density at radius 3 is 2.64 bits per heavy atom. The van der Waals surface area contributed by atoms with Crippen molar-refractivity contribution in [1.82, 2.24) is 15.1 Å². The number of thiophene rings is 1. The molecule has 0 saturated carbocycles. The van der Waals surface area contributed by atoms with Crippen LogP contribution in [-0.2, 0) is 13.0 Å². The molecule has 3 heterocycles. The average Bonchev–Trinajstić information content (AvgIpc) is 3.30. The first-order valence-corrected chi connectivity index (χ1v) is 10.8. The van der Waals surface area contributed by atoms with Crippen LogP contribution in [0, 0.1) is 6.92 Å². The smallest absolute Gasteiger partial charge is 0.256 e. The molecule has 0 spiro atoms. The van der Waals surface area contributed by atoms with Crippen LogP contribution in [0.2, 0.25) is 0 Å². The molecule has 1 atom stereocenters. The molecule has 146 valence electrons. The summed E-state index contributed by atoms with van der Waals surface area (Å²) in [6.45, 7) is 7.05. The van der Waals surface area contributed by atoms with Crippen LogP contribution in [0.4, 0.5) is 5.00 Å². The van der Waals surface area contributed by atoms with Gasteiger partial charge in [0.2, 0.25) is 0 Å². The standard InChI is InChI=1S/C22H26N4OS/c1-4-6-7-15-8-10-16(11-9-15)18-13-28-22-19(18)21(27)23-20(24-22)17-12-26(5-2)25-14(17)3/h8-13,20,24H,4-7H2,1-3H3,(H,23,27)/t20-/m1/s1. The maximum atomic E-state index is 12.9. The van der Waals surface area contributed by atoms with E-state index >= 15 is 0 Å². The molecule has 6 heteroatoms. The van der Waals surface area contributed by atoms with E-state index in [-0.39, 0.29) is 12.1 Å². The topological polar surface area (TPSA) is 59.0 Å². The van der Waals surface area contributed by atoms with Crippen molar-refractivity contribution >= 4 is 22.2 Å². The molecule has 2 N–H and O–H groups in total. The van der Waals surface area contributed by atoms with Crippen LogP contribution in [0.15, 0.2) is 35.8 Å². The fourth-order valence-electron chi connectivity index (χ4n) is 3.64. The summed E-state index contributed by atoms with van der Waals surface area (Å²) in [5.41, 5.74) is 6.11. The summed E-state index contributed by atoms with van der Waals surface area (Å²) in [5, 5.41) is 14.1. The lowest BCUT2D eigenvalue weighted by Gasteiger charge is -2.26. The van der Waals surface area contributed by atoms with Gasteiger partial charge in [0.05, 0.1) is 11.3 Å². The van der Waals surface area contributed by atoms with Gasteiger partial charge in [0.25, 0.3) is 5.91 Å². The van der Waals surface area contributed by atoms with Crippen molar-refractivity contribution in [3.8, 4) is 11.1 Å². The highest BCUT2D eigenvalue weighted by Crippen LogP contribution is 2.40. The second-order valence-corrected chi connectivity index (χ2v) is 8.11. The first-order valence-electron chi connectivity index (χ1n) is 9.92. The summed E-state index contributed by atoms with van der Waals surface area (Å²) in [6.07, 6.45) is 5.26. The quantitative estimate of drug-likeness (QED) is 0.609. The van der Waals surface area contributed by atoms with Crippen molar-refractivity contribution in [2.75, 3.05) is 5.32 Å². The van der Waals surface area contributed by atoms with Crippen molar-refractivity contribution < 1.29 is 4.79 Å². The number of anilines is 1. The van der Waals surface area contributed by atoms with Crippen LogP contribution in [0.3, 0.4) is 0 Å². The van der Waals surface area contributed by atoms with E-state index in [4.69, 9.17) is 0 Å². The van der Waals surface area contributed by atoms with Crippen molar-refractivity contribution in [1.29, 1.82) is 0 Å². The summed E-state index contributed by atoms with van der Waals surface area (Å²) in [4.78, 5) is 12.9. The Morgan fingerprint density at radius 1 is 1.18 bits per heavy atom. The highest BCUT2D eigenvalue weighted by atomic mass is 32.1. The molecule has 0 aliphatic carbocycles. The Balaban J connectivity index is 1.60. The molecule has 4 rings (SSSR count). The van der Waals surface area contributed by atoms with E-state index in [2.05, 4.69) is 59.2 Å². The number of carbonyl (C=O) groups excluding carboxylic acids is 1. The zero-order chi connectivity index (χ0) is 19.7. The van der Waals surface area contributed by atoms with Crippen molar-refractivity contribution in [3.63, 3.8) is 0 Å². The molecule has 1 aliphatic rings. The summed E-state index contributed by atoms with van der Waals surface area (Å²) >= 11 is 1.59. The Bertz CT molecular complexity index is 987. The number of nitrogens with zero attached hydrogens (tertiary/aromatic N) is 2.